The SMILES string of the molecule is Cc1ccccc1NC(=O)c1cccc(C(=O)Nc2c(F)cccc2F)n1. The van der Waals surface area contributed by atoms with Crippen LogP contribution in [0.25, 0.3) is 0 Å². The maximum absolute atomic E-state index is 13.7. The first-order chi connectivity index (χ1) is 13.0. The van der Waals surface area contributed by atoms with E-state index in [0.29, 0.717) is 5.69 Å². The zero-order valence-corrected chi connectivity index (χ0v) is 14.3. The number of anilines is 2. The van der Waals surface area contributed by atoms with E-state index >= 15 is 0 Å². The number of hydrogen-bond acceptors (Lipinski definition) is 3. The molecule has 1 aromatic heterocycles. The van der Waals surface area contributed by atoms with E-state index in [1.165, 1.54) is 24.3 Å². The number of halogens is 2. The Bertz CT molecular complexity index is 1000. The second-order valence-corrected chi connectivity index (χ2v) is 5.73. The smallest absolute Gasteiger partial charge is 0.274 e. The summed E-state index contributed by atoms with van der Waals surface area (Å²) in [6, 6.07) is 14.7. The van der Waals surface area contributed by atoms with Gasteiger partial charge in [0.05, 0.1) is 0 Å². The van der Waals surface area contributed by atoms with Crippen molar-refractivity contribution >= 4 is 23.2 Å². The van der Waals surface area contributed by atoms with Crippen molar-refractivity contribution in [2.24, 2.45) is 0 Å². The van der Waals surface area contributed by atoms with E-state index in [4.69, 9.17) is 0 Å². The second-order valence-electron chi connectivity index (χ2n) is 5.73. The fourth-order valence-electron chi connectivity index (χ4n) is 2.38. The van der Waals surface area contributed by atoms with Crippen LogP contribution in [0.15, 0.2) is 60.7 Å². The van der Waals surface area contributed by atoms with Crippen molar-refractivity contribution in [3.63, 3.8) is 0 Å². The van der Waals surface area contributed by atoms with Gasteiger partial charge in [0, 0.05) is 5.69 Å². The summed E-state index contributed by atoms with van der Waals surface area (Å²) < 4.78 is 27.3. The van der Waals surface area contributed by atoms with Gasteiger partial charge in [0.25, 0.3) is 11.8 Å². The Kier molecular flexibility index (Phi) is 5.21. The molecule has 0 saturated carbocycles. The lowest BCUT2D eigenvalue weighted by molar-refractivity contribution is 0.101. The maximum atomic E-state index is 13.7. The molecular formula is C20H15F2N3O2. The van der Waals surface area contributed by atoms with Gasteiger partial charge in [-0.2, -0.15) is 0 Å². The molecule has 0 fully saturated rings. The Hall–Kier alpha value is -3.61. The summed E-state index contributed by atoms with van der Waals surface area (Å²) in [5.41, 5.74) is 0.774. The summed E-state index contributed by atoms with van der Waals surface area (Å²) >= 11 is 0. The van der Waals surface area contributed by atoms with Crippen molar-refractivity contribution in [3.8, 4) is 0 Å². The Morgan fingerprint density at radius 3 is 1.96 bits per heavy atom. The highest BCUT2D eigenvalue weighted by Crippen LogP contribution is 2.19. The Balaban J connectivity index is 1.80. The van der Waals surface area contributed by atoms with Crippen molar-refractivity contribution in [1.82, 2.24) is 4.98 Å². The molecule has 0 saturated heterocycles. The fourth-order valence-corrected chi connectivity index (χ4v) is 2.38. The van der Waals surface area contributed by atoms with E-state index in [9.17, 15) is 18.4 Å². The molecule has 5 nitrogen and oxygen atoms in total. The first-order valence-electron chi connectivity index (χ1n) is 8.05. The number of nitrogens with one attached hydrogen (secondary N) is 2. The molecule has 2 aromatic carbocycles. The summed E-state index contributed by atoms with van der Waals surface area (Å²) in [5, 5.41) is 4.84. The summed E-state index contributed by atoms with van der Waals surface area (Å²) in [7, 11) is 0. The average Bonchev–Trinajstić information content (AvgIpc) is 2.66. The minimum atomic E-state index is -0.906. The van der Waals surface area contributed by atoms with Crippen LogP contribution in [0.1, 0.15) is 26.5 Å². The van der Waals surface area contributed by atoms with Crippen LogP contribution in [0.2, 0.25) is 0 Å². The van der Waals surface area contributed by atoms with Crippen molar-refractivity contribution in [3.05, 3.63) is 89.2 Å². The molecule has 3 aromatic rings. The number of aromatic nitrogens is 1. The fraction of sp³-hybridized carbons (Fsp3) is 0.0500. The zero-order valence-electron chi connectivity index (χ0n) is 14.3. The van der Waals surface area contributed by atoms with Crippen molar-refractivity contribution < 1.29 is 18.4 Å². The lowest BCUT2D eigenvalue weighted by Gasteiger charge is -2.09. The number of para-hydroxylation sites is 2. The second kappa shape index (κ2) is 7.74. The van der Waals surface area contributed by atoms with Crippen LogP contribution in [-0.4, -0.2) is 16.8 Å². The van der Waals surface area contributed by atoms with Crippen LogP contribution < -0.4 is 10.6 Å². The lowest BCUT2D eigenvalue weighted by atomic mass is 10.2. The van der Waals surface area contributed by atoms with Gasteiger partial charge in [-0.3, -0.25) is 9.59 Å². The van der Waals surface area contributed by atoms with Gasteiger partial charge >= 0.3 is 0 Å². The van der Waals surface area contributed by atoms with Gasteiger partial charge in [-0.1, -0.05) is 30.3 Å². The summed E-state index contributed by atoms with van der Waals surface area (Å²) in [4.78, 5) is 28.6. The Morgan fingerprint density at radius 1 is 0.778 bits per heavy atom. The van der Waals surface area contributed by atoms with Gasteiger partial charge in [-0.15, -0.1) is 0 Å². The normalized spacial score (nSPS) is 10.3. The molecule has 7 heteroatoms. The number of benzene rings is 2. The minimum Gasteiger partial charge on any atom is -0.320 e. The molecular weight excluding hydrogens is 352 g/mol. The molecule has 0 aliphatic heterocycles. The van der Waals surface area contributed by atoms with Gasteiger partial charge in [-0.25, -0.2) is 13.8 Å². The summed E-state index contributed by atoms with van der Waals surface area (Å²) in [5.74, 6) is -3.14. The summed E-state index contributed by atoms with van der Waals surface area (Å²) in [6.07, 6.45) is 0. The van der Waals surface area contributed by atoms with Crippen LogP contribution in [0, 0.1) is 18.6 Å². The molecule has 0 radical (unpaired) electrons. The minimum absolute atomic E-state index is 0.0000846. The van der Waals surface area contributed by atoms with E-state index in [0.717, 1.165) is 17.7 Å². The largest absolute Gasteiger partial charge is 0.320 e. The van der Waals surface area contributed by atoms with Crippen LogP contribution in [0.5, 0.6) is 0 Å². The molecule has 0 bridgehead atoms. The van der Waals surface area contributed by atoms with Gasteiger partial charge in [0.15, 0.2) is 0 Å². The van der Waals surface area contributed by atoms with Crippen LogP contribution in [-0.2, 0) is 0 Å². The van der Waals surface area contributed by atoms with Gasteiger partial charge in [0.2, 0.25) is 0 Å². The molecule has 2 amide bonds. The number of amides is 2. The zero-order chi connectivity index (χ0) is 19.4. The monoisotopic (exact) mass is 367 g/mol. The van der Waals surface area contributed by atoms with Gasteiger partial charge in [-0.05, 0) is 42.8 Å². The topological polar surface area (TPSA) is 71.1 Å². The van der Waals surface area contributed by atoms with E-state index in [1.54, 1.807) is 12.1 Å². The number of aryl methyl sites for hydroxylation is 1. The number of carbonyl (C=O) groups is 2. The Labute approximate surface area is 154 Å². The molecule has 0 atom stereocenters. The molecule has 27 heavy (non-hydrogen) atoms. The van der Waals surface area contributed by atoms with Crippen LogP contribution in [0.3, 0.4) is 0 Å². The number of nitrogens with zero attached hydrogens (tertiary/aromatic N) is 1. The third kappa shape index (κ3) is 4.14. The highest BCUT2D eigenvalue weighted by atomic mass is 19.1. The third-order valence-electron chi connectivity index (χ3n) is 3.81. The van der Waals surface area contributed by atoms with Gasteiger partial charge < -0.3 is 10.6 Å². The molecule has 2 N–H and O–H groups in total. The van der Waals surface area contributed by atoms with Crippen molar-refractivity contribution in [2.75, 3.05) is 10.6 Å². The van der Waals surface area contributed by atoms with Crippen molar-refractivity contribution in [1.29, 1.82) is 0 Å². The molecule has 0 spiro atoms. The summed E-state index contributed by atoms with van der Waals surface area (Å²) in [6.45, 7) is 1.84. The molecule has 0 unspecified atom stereocenters. The molecule has 0 aliphatic rings. The first kappa shape index (κ1) is 18.2. The third-order valence-corrected chi connectivity index (χ3v) is 3.81. The Morgan fingerprint density at radius 2 is 1.33 bits per heavy atom. The predicted octanol–water partition coefficient (Wildman–Crippen LogP) is 4.17. The van der Waals surface area contributed by atoms with Gasteiger partial charge in [0.1, 0.15) is 28.7 Å². The van der Waals surface area contributed by atoms with E-state index in [1.807, 2.05) is 19.1 Å². The van der Waals surface area contributed by atoms with Crippen LogP contribution in [0.4, 0.5) is 20.2 Å². The number of carbonyl (C=O) groups excluding carboxylic acids is 2. The van der Waals surface area contributed by atoms with Crippen LogP contribution >= 0.6 is 0 Å². The highest BCUT2D eigenvalue weighted by molar-refractivity contribution is 6.06. The molecule has 3 rings (SSSR count). The van der Waals surface area contributed by atoms with Crippen molar-refractivity contribution in [2.45, 2.75) is 6.92 Å². The molecule has 136 valence electrons. The predicted molar refractivity (Wildman–Crippen MR) is 97.7 cm³/mol. The lowest BCUT2D eigenvalue weighted by Crippen LogP contribution is -2.19. The van der Waals surface area contributed by atoms with E-state index in [2.05, 4.69) is 15.6 Å². The highest BCUT2D eigenvalue weighted by Gasteiger charge is 2.16. The molecule has 1 heterocycles. The number of rotatable bonds is 4. The number of pyridine rings is 1. The average molecular weight is 367 g/mol. The van der Waals surface area contributed by atoms with E-state index in [-0.39, 0.29) is 11.4 Å². The number of hydrogen-bond donors (Lipinski definition) is 2. The molecule has 0 aliphatic carbocycles. The standard InChI is InChI=1S/C20H15F2N3O2/c1-12-6-2-3-9-15(12)24-19(26)16-10-5-11-17(23-16)20(27)25-18-13(21)7-4-8-14(18)22/h2-11H,1H3,(H,24,26)(H,25,27). The van der Waals surface area contributed by atoms with E-state index < -0.39 is 29.1 Å². The quantitative estimate of drug-likeness (QED) is 0.727. The first-order valence-corrected chi connectivity index (χ1v) is 8.05. The maximum Gasteiger partial charge on any atom is 0.274 e.